The maximum absolute atomic E-state index is 6.37. The van der Waals surface area contributed by atoms with Crippen LogP contribution < -0.4 is 10.2 Å². The zero-order valence-corrected chi connectivity index (χ0v) is 13.5. The summed E-state index contributed by atoms with van der Waals surface area (Å²) in [6.07, 6.45) is 0. The van der Waals surface area contributed by atoms with Crippen molar-refractivity contribution in [3.63, 3.8) is 0 Å². The van der Waals surface area contributed by atoms with Crippen LogP contribution in [0.25, 0.3) is 0 Å². The molecular weight excluding hydrogens is 258 g/mol. The van der Waals surface area contributed by atoms with Gasteiger partial charge in [0.05, 0.1) is 10.7 Å². The summed E-state index contributed by atoms with van der Waals surface area (Å²) in [5.74, 6) is 0. The van der Waals surface area contributed by atoms with Crippen molar-refractivity contribution >= 4 is 17.3 Å². The Morgan fingerprint density at radius 3 is 2.42 bits per heavy atom. The van der Waals surface area contributed by atoms with Crippen LogP contribution in [0.2, 0.25) is 5.02 Å². The summed E-state index contributed by atoms with van der Waals surface area (Å²) in [6.45, 7) is 7.13. The highest BCUT2D eigenvalue weighted by Crippen LogP contribution is 2.29. The van der Waals surface area contributed by atoms with Gasteiger partial charge in [-0.2, -0.15) is 0 Å². The van der Waals surface area contributed by atoms with Crippen LogP contribution in [0.15, 0.2) is 18.2 Å². The van der Waals surface area contributed by atoms with Crippen LogP contribution in [0.5, 0.6) is 0 Å². The summed E-state index contributed by atoms with van der Waals surface area (Å²) in [6, 6.07) is 6.59. The lowest BCUT2D eigenvalue weighted by Crippen LogP contribution is -2.30. The van der Waals surface area contributed by atoms with Crippen molar-refractivity contribution in [1.82, 2.24) is 10.2 Å². The Morgan fingerprint density at radius 1 is 1.16 bits per heavy atom. The highest BCUT2D eigenvalue weighted by Gasteiger charge is 2.12. The molecule has 19 heavy (non-hydrogen) atoms. The van der Waals surface area contributed by atoms with Gasteiger partial charge >= 0.3 is 0 Å². The van der Waals surface area contributed by atoms with Crippen molar-refractivity contribution in [2.75, 3.05) is 39.1 Å². The number of para-hydroxylation sites is 1. The molecule has 0 fully saturated rings. The monoisotopic (exact) mass is 283 g/mol. The second-order valence-electron chi connectivity index (χ2n) is 5.51. The van der Waals surface area contributed by atoms with Gasteiger partial charge in [0.15, 0.2) is 0 Å². The Labute approximate surface area is 122 Å². The normalized spacial score (nSPS) is 11.4. The van der Waals surface area contributed by atoms with E-state index in [1.807, 2.05) is 12.1 Å². The van der Waals surface area contributed by atoms with Gasteiger partial charge in [0.1, 0.15) is 0 Å². The lowest BCUT2D eigenvalue weighted by atomic mass is 10.1. The van der Waals surface area contributed by atoms with Crippen LogP contribution in [-0.4, -0.2) is 45.2 Å². The van der Waals surface area contributed by atoms with Crippen LogP contribution in [0.1, 0.15) is 19.4 Å². The molecule has 0 aliphatic rings. The minimum Gasteiger partial charge on any atom is -0.372 e. The number of anilines is 1. The van der Waals surface area contributed by atoms with E-state index in [2.05, 4.69) is 56.2 Å². The highest BCUT2D eigenvalue weighted by molar-refractivity contribution is 6.33. The van der Waals surface area contributed by atoms with E-state index < -0.39 is 0 Å². The molecule has 0 spiro atoms. The number of halogens is 1. The standard InChI is InChI=1S/C15H26ClN3/c1-12(2)17-11-13-7-6-8-14(16)15(13)19(5)10-9-18(3)4/h6-8,12,17H,9-11H2,1-5H3. The maximum atomic E-state index is 6.37. The molecule has 1 N–H and O–H groups in total. The second-order valence-corrected chi connectivity index (χ2v) is 5.92. The third-order valence-corrected chi connectivity index (χ3v) is 3.34. The van der Waals surface area contributed by atoms with Crippen molar-refractivity contribution < 1.29 is 0 Å². The predicted molar refractivity (Wildman–Crippen MR) is 85.3 cm³/mol. The fourth-order valence-electron chi connectivity index (χ4n) is 1.91. The summed E-state index contributed by atoms with van der Waals surface area (Å²) in [5.41, 5.74) is 2.39. The topological polar surface area (TPSA) is 18.5 Å². The van der Waals surface area contributed by atoms with E-state index in [1.165, 1.54) is 5.56 Å². The van der Waals surface area contributed by atoms with E-state index in [-0.39, 0.29) is 0 Å². The fraction of sp³-hybridized carbons (Fsp3) is 0.600. The van der Waals surface area contributed by atoms with Crippen molar-refractivity contribution in [3.05, 3.63) is 28.8 Å². The van der Waals surface area contributed by atoms with Crippen LogP contribution in [0.3, 0.4) is 0 Å². The Hall–Kier alpha value is -0.770. The largest absolute Gasteiger partial charge is 0.372 e. The molecule has 3 nitrogen and oxygen atoms in total. The molecule has 0 unspecified atom stereocenters. The molecule has 0 saturated heterocycles. The van der Waals surface area contributed by atoms with Gasteiger partial charge in [-0.15, -0.1) is 0 Å². The van der Waals surface area contributed by atoms with Crippen LogP contribution >= 0.6 is 11.6 Å². The van der Waals surface area contributed by atoms with E-state index in [0.29, 0.717) is 6.04 Å². The first kappa shape index (κ1) is 16.3. The summed E-state index contributed by atoms with van der Waals surface area (Å²) < 4.78 is 0. The average molecular weight is 284 g/mol. The van der Waals surface area contributed by atoms with Gasteiger partial charge in [0, 0.05) is 32.7 Å². The Bertz CT molecular complexity index is 391. The number of nitrogens with one attached hydrogen (secondary N) is 1. The number of benzene rings is 1. The second kappa shape index (κ2) is 7.73. The van der Waals surface area contributed by atoms with Crippen LogP contribution in [0, 0.1) is 0 Å². The van der Waals surface area contributed by atoms with E-state index in [0.717, 1.165) is 30.3 Å². The number of hydrogen-bond donors (Lipinski definition) is 1. The molecule has 0 aliphatic heterocycles. The van der Waals surface area contributed by atoms with Crippen molar-refractivity contribution in [1.29, 1.82) is 0 Å². The van der Waals surface area contributed by atoms with Gasteiger partial charge in [-0.25, -0.2) is 0 Å². The molecule has 4 heteroatoms. The number of likely N-dealkylation sites (N-methyl/N-ethyl adjacent to an activating group) is 2. The minimum absolute atomic E-state index is 0.471. The van der Waals surface area contributed by atoms with Crippen LogP contribution in [-0.2, 0) is 6.54 Å². The molecule has 1 aromatic rings. The van der Waals surface area contributed by atoms with E-state index >= 15 is 0 Å². The van der Waals surface area contributed by atoms with Gasteiger partial charge in [-0.05, 0) is 25.7 Å². The molecule has 0 bridgehead atoms. The smallest absolute Gasteiger partial charge is 0.0642 e. The van der Waals surface area contributed by atoms with Gasteiger partial charge in [0.2, 0.25) is 0 Å². The summed E-state index contributed by atoms with van der Waals surface area (Å²) in [4.78, 5) is 4.42. The van der Waals surface area contributed by atoms with Crippen molar-refractivity contribution in [2.24, 2.45) is 0 Å². The third kappa shape index (κ3) is 5.39. The summed E-state index contributed by atoms with van der Waals surface area (Å²) in [7, 11) is 6.27. The Morgan fingerprint density at radius 2 is 1.84 bits per heavy atom. The van der Waals surface area contributed by atoms with Crippen molar-refractivity contribution in [2.45, 2.75) is 26.4 Å². The van der Waals surface area contributed by atoms with Gasteiger partial charge in [-0.1, -0.05) is 37.6 Å². The molecule has 0 atom stereocenters. The zero-order valence-electron chi connectivity index (χ0n) is 12.7. The predicted octanol–water partition coefficient (Wildman–Crippen LogP) is 2.84. The molecular formula is C15H26ClN3. The summed E-state index contributed by atoms with van der Waals surface area (Å²) >= 11 is 6.37. The van der Waals surface area contributed by atoms with Gasteiger partial charge in [-0.3, -0.25) is 0 Å². The molecule has 108 valence electrons. The first-order valence-corrected chi connectivity index (χ1v) is 7.16. The fourth-order valence-corrected chi connectivity index (χ4v) is 2.24. The molecule has 0 radical (unpaired) electrons. The van der Waals surface area contributed by atoms with E-state index in [9.17, 15) is 0 Å². The molecule has 0 aliphatic carbocycles. The number of hydrogen-bond acceptors (Lipinski definition) is 3. The highest BCUT2D eigenvalue weighted by atomic mass is 35.5. The average Bonchev–Trinajstić information content (AvgIpc) is 2.33. The molecule has 0 aromatic heterocycles. The quantitative estimate of drug-likeness (QED) is 0.830. The lowest BCUT2D eigenvalue weighted by molar-refractivity contribution is 0.416. The zero-order chi connectivity index (χ0) is 14.4. The SMILES string of the molecule is CC(C)NCc1cccc(Cl)c1N(C)CCN(C)C. The summed E-state index contributed by atoms with van der Waals surface area (Å²) in [5, 5.41) is 4.28. The Kier molecular flexibility index (Phi) is 6.63. The lowest BCUT2D eigenvalue weighted by Gasteiger charge is -2.25. The molecule has 1 rings (SSSR count). The van der Waals surface area contributed by atoms with Crippen molar-refractivity contribution in [3.8, 4) is 0 Å². The van der Waals surface area contributed by atoms with E-state index in [1.54, 1.807) is 0 Å². The minimum atomic E-state index is 0.471. The van der Waals surface area contributed by atoms with Crippen LogP contribution in [0.4, 0.5) is 5.69 Å². The molecule has 0 heterocycles. The van der Waals surface area contributed by atoms with E-state index in [4.69, 9.17) is 11.6 Å². The molecule has 0 saturated carbocycles. The first-order chi connectivity index (χ1) is 8.91. The Balaban J connectivity index is 2.84. The maximum Gasteiger partial charge on any atom is 0.0642 e. The third-order valence-electron chi connectivity index (χ3n) is 3.04. The number of nitrogens with zero attached hydrogens (tertiary/aromatic N) is 2. The molecule has 0 amide bonds. The molecule has 1 aromatic carbocycles. The number of rotatable bonds is 7. The van der Waals surface area contributed by atoms with Gasteiger partial charge < -0.3 is 15.1 Å². The van der Waals surface area contributed by atoms with Gasteiger partial charge in [0.25, 0.3) is 0 Å². The first-order valence-electron chi connectivity index (χ1n) is 6.78.